The van der Waals surface area contributed by atoms with Crippen LogP contribution in [0.1, 0.15) is 35.7 Å². The smallest absolute Gasteiger partial charge is 0.204 e. The van der Waals surface area contributed by atoms with E-state index in [1.165, 1.54) is 6.92 Å². The summed E-state index contributed by atoms with van der Waals surface area (Å²) in [5.41, 5.74) is 1.65. The van der Waals surface area contributed by atoms with Crippen molar-refractivity contribution in [3.8, 4) is 0 Å². The second-order valence-electron chi connectivity index (χ2n) is 5.94. The molecule has 2 aromatic carbocycles. The van der Waals surface area contributed by atoms with Crippen LogP contribution < -0.4 is 0 Å². The van der Waals surface area contributed by atoms with Gasteiger partial charge in [-0.05, 0) is 31.5 Å². The third-order valence-corrected chi connectivity index (χ3v) is 4.85. The lowest BCUT2D eigenvalue weighted by molar-refractivity contribution is -0.113. The van der Waals surface area contributed by atoms with Crippen LogP contribution in [0.15, 0.2) is 59.9 Å². The molecule has 0 fully saturated rings. The van der Waals surface area contributed by atoms with Crippen molar-refractivity contribution in [1.82, 2.24) is 0 Å². The summed E-state index contributed by atoms with van der Waals surface area (Å²) in [4.78, 5) is 25.2. The maximum Gasteiger partial charge on any atom is 0.204 e. The van der Waals surface area contributed by atoms with Crippen molar-refractivity contribution in [3.63, 3.8) is 0 Å². The van der Waals surface area contributed by atoms with Gasteiger partial charge in [-0.3, -0.25) is 9.59 Å². The van der Waals surface area contributed by atoms with Crippen molar-refractivity contribution >= 4 is 34.8 Å². The van der Waals surface area contributed by atoms with Crippen LogP contribution in [0.3, 0.4) is 0 Å². The largest absolute Gasteiger partial charge is 0.485 e. The van der Waals surface area contributed by atoms with Crippen molar-refractivity contribution in [3.05, 3.63) is 81.0 Å². The number of Topliss-reactive ketones (excluding diaryl/α,β-unsaturated/α-hetero) is 2. The maximum atomic E-state index is 13.0. The Hall–Kier alpha value is -2.10. The summed E-state index contributed by atoms with van der Waals surface area (Å²) in [5, 5.41) is 0.893. The molecule has 1 aliphatic rings. The van der Waals surface area contributed by atoms with Crippen LogP contribution in [0.2, 0.25) is 10.0 Å². The van der Waals surface area contributed by atoms with Gasteiger partial charge in [-0.2, -0.15) is 0 Å². The molecule has 0 unspecified atom stereocenters. The standard InChI is InChI=1S/C20H16Cl2O3/c1-11(23)17-12(2)25-20(19(24)13-6-4-3-5-7-13)18(17)15-9-8-14(21)10-16(15)22/h3-10,18,20H,1-2H3/t18-,20-/m0/s1. The number of hydrogen-bond acceptors (Lipinski definition) is 3. The van der Waals surface area contributed by atoms with Crippen molar-refractivity contribution in [2.45, 2.75) is 25.9 Å². The van der Waals surface area contributed by atoms with Crippen molar-refractivity contribution in [2.75, 3.05) is 0 Å². The highest BCUT2D eigenvalue weighted by Gasteiger charge is 2.43. The molecule has 25 heavy (non-hydrogen) atoms. The molecule has 0 amide bonds. The first-order chi connectivity index (χ1) is 11.9. The number of carbonyl (C=O) groups excluding carboxylic acids is 2. The number of hydrogen-bond donors (Lipinski definition) is 0. The number of ketones is 2. The van der Waals surface area contributed by atoms with Crippen molar-refractivity contribution in [2.24, 2.45) is 0 Å². The van der Waals surface area contributed by atoms with Crippen molar-refractivity contribution < 1.29 is 14.3 Å². The Morgan fingerprint density at radius 2 is 1.72 bits per heavy atom. The first-order valence-corrected chi connectivity index (χ1v) is 8.58. The van der Waals surface area contributed by atoms with E-state index in [1.807, 2.05) is 6.07 Å². The predicted molar refractivity (Wildman–Crippen MR) is 98.2 cm³/mol. The molecule has 2 atom stereocenters. The van der Waals surface area contributed by atoms with Gasteiger partial charge in [-0.15, -0.1) is 0 Å². The molecule has 1 aliphatic heterocycles. The number of benzene rings is 2. The summed E-state index contributed by atoms with van der Waals surface area (Å²) in [7, 11) is 0. The van der Waals surface area contributed by atoms with E-state index in [2.05, 4.69) is 0 Å². The van der Waals surface area contributed by atoms with E-state index in [4.69, 9.17) is 27.9 Å². The molecule has 0 aliphatic carbocycles. The lowest BCUT2D eigenvalue weighted by atomic mass is 9.83. The molecule has 0 radical (unpaired) electrons. The molecular formula is C20H16Cl2O3. The van der Waals surface area contributed by atoms with Gasteiger partial charge in [-0.25, -0.2) is 0 Å². The minimum absolute atomic E-state index is 0.142. The summed E-state index contributed by atoms with van der Waals surface area (Å²) < 4.78 is 5.82. The fraction of sp³-hybridized carbons (Fsp3) is 0.200. The number of allylic oxidation sites excluding steroid dienone is 1. The summed E-state index contributed by atoms with van der Waals surface area (Å²) in [6, 6.07) is 13.9. The van der Waals surface area contributed by atoms with Gasteiger partial charge in [0.15, 0.2) is 11.9 Å². The Labute approximate surface area is 156 Å². The molecule has 3 rings (SSSR count). The van der Waals surface area contributed by atoms with Crippen LogP contribution >= 0.6 is 23.2 Å². The molecule has 0 N–H and O–H groups in total. The van der Waals surface area contributed by atoms with Gasteiger partial charge in [0.1, 0.15) is 5.76 Å². The normalized spacial score (nSPS) is 19.7. The fourth-order valence-corrected chi connectivity index (χ4v) is 3.73. The van der Waals surface area contributed by atoms with E-state index >= 15 is 0 Å². The average molecular weight is 375 g/mol. The number of halogens is 2. The third-order valence-electron chi connectivity index (χ3n) is 4.29. The van der Waals surface area contributed by atoms with Gasteiger partial charge in [0.05, 0.1) is 5.92 Å². The monoisotopic (exact) mass is 374 g/mol. The van der Waals surface area contributed by atoms with E-state index in [0.717, 1.165) is 0 Å². The van der Waals surface area contributed by atoms with E-state index < -0.39 is 12.0 Å². The van der Waals surface area contributed by atoms with Crippen LogP contribution in [0.5, 0.6) is 0 Å². The quantitative estimate of drug-likeness (QED) is 0.688. The summed E-state index contributed by atoms with van der Waals surface area (Å²) in [6.45, 7) is 3.17. The van der Waals surface area contributed by atoms with E-state index in [9.17, 15) is 9.59 Å². The number of carbonyl (C=O) groups is 2. The molecule has 2 aromatic rings. The minimum Gasteiger partial charge on any atom is -0.485 e. The number of rotatable bonds is 4. The van der Waals surface area contributed by atoms with Gasteiger partial charge >= 0.3 is 0 Å². The first kappa shape index (κ1) is 17.7. The molecule has 0 aromatic heterocycles. The average Bonchev–Trinajstić information content (AvgIpc) is 2.92. The van der Waals surface area contributed by atoms with Crippen LogP contribution in [-0.2, 0) is 9.53 Å². The number of ether oxygens (including phenoxy) is 1. The van der Waals surface area contributed by atoms with Crippen LogP contribution in [-0.4, -0.2) is 17.7 Å². The fourth-order valence-electron chi connectivity index (χ4n) is 3.20. The lowest BCUT2D eigenvalue weighted by Gasteiger charge is -2.21. The lowest BCUT2D eigenvalue weighted by Crippen LogP contribution is -2.28. The Balaban J connectivity index is 2.10. The zero-order valence-electron chi connectivity index (χ0n) is 13.8. The molecule has 1 heterocycles. The molecule has 3 nitrogen and oxygen atoms in total. The highest BCUT2D eigenvalue weighted by molar-refractivity contribution is 6.35. The highest BCUT2D eigenvalue weighted by atomic mass is 35.5. The summed E-state index contributed by atoms with van der Waals surface area (Å²) in [6.07, 6.45) is -0.833. The van der Waals surface area contributed by atoms with Crippen molar-refractivity contribution in [1.29, 1.82) is 0 Å². The van der Waals surface area contributed by atoms with Gasteiger partial charge < -0.3 is 4.74 Å². The molecular weight excluding hydrogens is 359 g/mol. The Morgan fingerprint density at radius 1 is 1.04 bits per heavy atom. The van der Waals surface area contributed by atoms with Gasteiger partial charge in [0.2, 0.25) is 5.78 Å². The van der Waals surface area contributed by atoms with Crippen LogP contribution in [0.25, 0.3) is 0 Å². The molecule has 0 saturated carbocycles. The first-order valence-electron chi connectivity index (χ1n) is 7.82. The second kappa shape index (κ2) is 7.03. The Kier molecular flexibility index (Phi) is 4.98. The van der Waals surface area contributed by atoms with E-state index in [1.54, 1.807) is 49.4 Å². The predicted octanol–water partition coefficient (Wildman–Crippen LogP) is 5.22. The third kappa shape index (κ3) is 3.35. The van der Waals surface area contributed by atoms with Crippen LogP contribution in [0, 0.1) is 0 Å². The van der Waals surface area contributed by atoms with Gasteiger partial charge in [-0.1, -0.05) is 59.6 Å². The maximum absolute atomic E-state index is 13.0. The van der Waals surface area contributed by atoms with E-state index in [0.29, 0.717) is 32.5 Å². The minimum atomic E-state index is -0.833. The molecule has 5 heteroatoms. The molecule has 128 valence electrons. The zero-order chi connectivity index (χ0) is 18.1. The topological polar surface area (TPSA) is 43.4 Å². The highest BCUT2D eigenvalue weighted by Crippen LogP contribution is 2.43. The molecule has 0 saturated heterocycles. The van der Waals surface area contributed by atoms with Gasteiger partial charge in [0, 0.05) is 21.2 Å². The Bertz CT molecular complexity index is 872. The Morgan fingerprint density at radius 3 is 2.32 bits per heavy atom. The zero-order valence-corrected chi connectivity index (χ0v) is 15.3. The summed E-state index contributed by atoms with van der Waals surface area (Å²) >= 11 is 12.3. The van der Waals surface area contributed by atoms with Gasteiger partial charge in [0.25, 0.3) is 0 Å². The molecule has 0 spiro atoms. The van der Waals surface area contributed by atoms with Crippen LogP contribution in [0.4, 0.5) is 0 Å². The van der Waals surface area contributed by atoms with E-state index in [-0.39, 0.29) is 11.6 Å². The molecule has 0 bridgehead atoms. The summed E-state index contributed by atoms with van der Waals surface area (Å²) in [5.74, 6) is -0.433. The second-order valence-corrected chi connectivity index (χ2v) is 6.78. The SMILES string of the molecule is CC(=O)C1=C(C)O[C@H](C(=O)c2ccccc2)[C@H]1c1ccc(Cl)cc1Cl.